The second-order valence-corrected chi connectivity index (χ2v) is 5.77. The summed E-state index contributed by atoms with van der Waals surface area (Å²) in [6.45, 7) is 2.15. The maximum absolute atomic E-state index is 12.5. The van der Waals surface area contributed by atoms with Crippen LogP contribution < -0.4 is 5.43 Å². The van der Waals surface area contributed by atoms with Crippen molar-refractivity contribution in [3.05, 3.63) is 30.3 Å². The number of anilines is 1. The fraction of sp³-hybridized carbons (Fsp3) is 0.500. The summed E-state index contributed by atoms with van der Waals surface area (Å²) in [5.74, 6) is -0.0681. The van der Waals surface area contributed by atoms with Crippen molar-refractivity contribution >= 4 is 17.5 Å². The van der Waals surface area contributed by atoms with E-state index in [1.54, 1.807) is 5.01 Å². The first-order valence-electron chi connectivity index (χ1n) is 7.65. The maximum Gasteiger partial charge on any atom is 0.241 e. The van der Waals surface area contributed by atoms with Gasteiger partial charge in [0.1, 0.15) is 0 Å². The zero-order chi connectivity index (χ0) is 14.7. The Kier molecular flexibility index (Phi) is 4.08. The summed E-state index contributed by atoms with van der Waals surface area (Å²) < 4.78 is 0. The average Bonchev–Trinajstić information content (AvgIpc) is 2.89. The molecule has 21 heavy (non-hydrogen) atoms. The molecule has 0 spiro atoms. The molecule has 2 fully saturated rings. The summed E-state index contributed by atoms with van der Waals surface area (Å²) in [6.07, 6.45) is 3.68. The van der Waals surface area contributed by atoms with Crippen LogP contribution in [-0.4, -0.2) is 41.4 Å². The van der Waals surface area contributed by atoms with Gasteiger partial charge in [-0.2, -0.15) is 0 Å². The van der Waals surface area contributed by atoms with Crippen LogP contribution in [0.3, 0.4) is 0 Å². The fourth-order valence-electron chi connectivity index (χ4n) is 3.02. The van der Waals surface area contributed by atoms with Crippen LogP contribution in [0.4, 0.5) is 5.69 Å². The third kappa shape index (κ3) is 3.17. The molecule has 2 aliphatic heterocycles. The number of benzene rings is 1. The monoisotopic (exact) mass is 287 g/mol. The highest BCUT2D eigenvalue weighted by atomic mass is 16.2. The molecule has 0 aromatic heterocycles. The molecule has 2 heterocycles. The molecule has 3 rings (SSSR count). The minimum Gasteiger partial charge on any atom is -0.342 e. The Hall–Kier alpha value is -2.04. The molecular weight excluding hydrogens is 266 g/mol. The van der Waals surface area contributed by atoms with Crippen molar-refractivity contribution < 1.29 is 9.59 Å². The molecule has 1 aromatic carbocycles. The van der Waals surface area contributed by atoms with Gasteiger partial charge < -0.3 is 4.90 Å². The number of nitrogens with zero attached hydrogens (tertiary/aromatic N) is 2. The van der Waals surface area contributed by atoms with Crippen molar-refractivity contribution in [2.24, 2.45) is 5.92 Å². The summed E-state index contributed by atoms with van der Waals surface area (Å²) >= 11 is 0. The molecule has 2 amide bonds. The first-order chi connectivity index (χ1) is 10.2. The number of hydrogen-bond acceptors (Lipinski definition) is 3. The number of para-hydroxylation sites is 1. The van der Waals surface area contributed by atoms with Gasteiger partial charge in [0, 0.05) is 19.5 Å². The molecular formula is C16H21N3O2. The van der Waals surface area contributed by atoms with Crippen molar-refractivity contribution in [2.45, 2.75) is 25.7 Å². The van der Waals surface area contributed by atoms with Gasteiger partial charge >= 0.3 is 0 Å². The molecule has 1 N–H and O–H groups in total. The third-order valence-electron chi connectivity index (χ3n) is 4.18. The van der Waals surface area contributed by atoms with Gasteiger partial charge in [-0.25, -0.2) is 0 Å². The van der Waals surface area contributed by atoms with Crippen molar-refractivity contribution in [3.8, 4) is 0 Å². The molecule has 0 bridgehead atoms. The zero-order valence-corrected chi connectivity index (χ0v) is 12.1. The van der Waals surface area contributed by atoms with Gasteiger partial charge in [0.25, 0.3) is 0 Å². The molecule has 2 saturated heterocycles. The Morgan fingerprint density at radius 2 is 1.81 bits per heavy atom. The molecule has 0 radical (unpaired) electrons. The summed E-state index contributed by atoms with van der Waals surface area (Å²) in [5, 5.41) is 1.57. The Balaban J connectivity index is 1.60. The largest absolute Gasteiger partial charge is 0.342 e. The molecule has 1 unspecified atom stereocenters. The Labute approximate surface area is 124 Å². The molecule has 0 saturated carbocycles. The number of carbonyl (C=O) groups excluding carboxylic acids is 2. The van der Waals surface area contributed by atoms with Crippen molar-refractivity contribution in [1.29, 1.82) is 0 Å². The Morgan fingerprint density at radius 1 is 1.10 bits per heavy atom. The number of hydrazine groups is 1. The molecule has 1 atom stereocenters. The van der Waals surface area contributed by atoms with Gasteiger partial charge in [-0.3, -0.25) is 20.0 Å². The Bertz CT molecular complexity index is 512. The number of likely N-dealkylation sites (tertiary alicyclic amines) is 1. The third-order valence-corrected chi connectivity index (χ3v) is 4.18. The molecule has 112 valence electrons. The minimum atomic E-state index is -0.202. The number of amides is 2. The van der Waals surface area contributed by atoms with Crippen LogP contribution in [0, 0.1) is 5.92 Å². The van der Waals surface area contributed by atoms with E-state index in [9.17, 15) is 9.59 Å². The van der Waals surface area contributed by atoms with E-state index in [0.717, 1.165) is 31.6 Å². The molecule has 5 nitrogen and oxygen atoms in total. The number of hydrogen-bond donors (Lipinski definition) is 1. The van der Waals surface area contributed by atoms with Gasteiger partial charge in [0.15, 0.2) is 0 Å². The Morgan fingerprint density at radius 3 is 2.52 bits per heavy atom. The van der Waals surface area contributed by atoms with E-state index in [1.807, 2.05) is 35.2 Å². The lowest BCUT2D eigenvalue weighted by molar-refractivity contribution is -0.136. The predicted molar refractivity (Wildman–Crippen MR) is 80.3 cm³/mol. The van der Waals surface area contributed by atoms with E-state index in [4.69, 9.17) is 0 Å². The summed E-state index contributed by atoms with van der Waals surface area (Å²) in [4.78, 5) is 26.5. The molecule has 1 aromatic rings. The lowest BCUT2D eigenvalue weighted by Crippen LogP contribution is -2.41. The van der Waals surface area contributed by atoms with Crippen LogP contribution in [0.2, 0.25) is 0 Å². The minimum absolute atomic E-state index is 0.00536. The maximum atomic E-state index is 12.5. The average molecular weight is 287 g/mol. The first kappa shape index (κ1) is 13.9. The SMILES string of the molecule is O=C(C1CC(=O)N(Nc2ccccc2)C1)N1CCCCC1. The van der Waals surface area contributed by atoms with Crippen LogP contribution in [0.5, 0.6) is 0 Å². The number of piperidine rings is 1. The molecule has 0 aliphatic carbocycles. The van der Waals surface area contributed by atoms with Crippen molar-refractivity contribution in [3.63, 3.8) is 0 Å². The van der Waals surface area contributed by atoms with Gasteiger partial charge in [-0.1, -0.05) is 18.2 Å². The fourth-order valence-corrected chi connectivity index (χ4v) is 3.02. The summed E-state index contributed by atoms with van der Waals surface area (Å²) in [6, 6.07) is 9.58. The smallest absolute Gasteiger partial charge is 0.241 e. The second kappa shape index (κ2) is 6.16. The van der Waals surface area contributed by atoms with E-state index < -0.39 is 0 Å². The van der Waals surface area contributed by atoms with E-state index >= 15 is 0 Å². The van der Waals surface area contributed by atoms with Crippen LogP contribution in [-0.2, 0) is 9.59 Å². The van der Waals surface area contributed by atoms with Crippen LogP contribution in [0.15, 0.2) is 30.3 Å². The van der Waals surface area contributed by atoms with Crippen molar-refractivity contribution in [2.75, 3.05) is 25.1 Å². The standard InChI is InChI=1S/C16H21N3O2/c20-15-11-13(16(21)18-9-5-2-6-10-18)12-19(15)17-14-7-3-1-4-8-14/h1,3-4,7-8,13,17H,2,5-6,9-12H2. The number of carbonyl (C=O) groups is 2. The van der Waals surface area contributed by atoms with E-state index in [1.165, 1.54) is 6.42 Å². The highest BCUT2D eigenvalue weighted by molar-refractivity contribution is 5.89. The molecule has 5 heteroatoms. The molecule has 2 aliphatic rings. The summed E-state index contributed by atoms with van der Waals surface area (Å²) in [5.41, 5.74) is 3.96. The zero-order valence-electron chi connectivity index (χ0n) is 12.1. The van der Waals surface area contributed by atoms with Gasteiger partial charge in [-0.05, 0) is 31.4 Å². The van der Waals surface area contributed by atoms with Crippen LogP contribution >= 0.6 is 0 Å². The lowest BCUT2D eigenvalue weighted by atomic mass is 10.0. The normalized spacial score (nSPS) is 22.5. The lowest BCUT2D eigenvalue weighted by Gasteiger charge is -2.29. The van der Waals surface area contributed by atoms with E-state index in [2.05, 4.69) is 5.43 Å². The number of rotatable bonds is 3. The van der Waals surface area contributed by atoms with E-state index in [0.29, 0.717) is 13.0 Å². The number of nitrogens with one attached hydrogen (secondary N) is 1. The predicted octanol–water partition coefficient (Wildman–Crippen LogP) is 1.87. The van der Waals surface area contributed by atoms with Crippen LogP contribution in [0.25, 0.3) is 0 Å². The quantitative estimate of drug-likeness (QED) is 0.923. The highest BCUT2D eigenvalue weighted by Gasteiger charge is 2.37. The van der Waals surface area contributed by atoms with Gasteiger partial charge in [-0.15, -0.1) is 0 Å². The van der Waals surface area contributed by atoms with Gasteiger partial charge in [0.2, 0.25) is 11.8 Å². The first-order valence-corrected chi connectivity index (χ1v) is 7.65. The topological polar surface area (TPSA) is 52.7 Å². The van der Waals surface area contributed by atoms with Crippen molar-refractivity contribution in [1.82, 2.24) is 9.91 Å². The second-order valence-electron chi connectivity index (χ2n) is 5.77. The van der Waals surface area contributed by atoms with E-state index in [-0.39, 0.29) is 17.7 Å². The van der Waals surface area contributed by atoms with Gasteiger partial charge in [0.05, 0.1) is 18.2 Å². The summed E-state index contributed by atoms with van der Waals surface area (Å²) in [7, 11) is 0. The van der Waals surface area contributed by atoms with Crippen LogP contribution in [0.1, 0.15) is 25.7 Å². The highest BCUT2D eigenvalue weighted by Crippen LogP contribution is 2.23.